The highest BCUT2D eigenvalue weighted by molar-refractivity contribution is 5.02. The molecule has 0 amide bonds. The predicted octanol–water partition coefficient (Wildman–Crippen LogP) is 1.62. The maximum Gasteiger partial charge on any atom is 0.0275 e. The summed E-state index contributed by atoms with van der Waals surface area (Å²) in [4.78, 5) is 2.58. The molecule has 2 atom stereocenters. The van der Waals surface area contributed by atoms with E-state index in [-0.39, 0.29) is 5.54 Å². The molecule has 2 heteroatoms. The molecule has 0 aromatic heterocycles. The van der Waals surface area contributed by atoms with Crippen LogP contribution in [0, 0.1) is 11.8 Å². The van der Waals surface area contributed by atoms with Gasteiger partial charge >= 0.3 is 0 Å². The average Bonchev–Trinajstić information content (AvgIpc) is 2.61. The molecule has 0 radical (unpaired) electrons. The van der Waals surface area contributed by atoms with Crippen LogP contribution in [0.4, 0.5) is 0 Å². The van der Waals surface area contributed by atoms with Gasteiger partial charge in [0.1, 0.15) is 0 Å². The Bertz CT molecular complexity index is 216. The van der Waals surface area contributed by atoms with Crippen molar-refractivity contribution >= 4 is 0 Å². The van der Waals surface area contributed by atoms with Crippen molar-refractivity contribution in [3.8, 4) is 0 Å². The van der Waals surface area contributed by atoms with E-state index in [4.69, 9.17) is 5.73 Å². The third-order valence-corrected chi connectivity index (χ3v) is 3.98. The van der Waals surface area contributed by atoms with Crippen LogP contribution in [-0.2, 0) is 0 Å². The molecule has 1 fully saturated rings. The zero-order valence-electron chi connectivity index (χ0n) is 9.37. The molecule has 2 aliphatic rings. The number of likely N-dealkylation sites (tertiary alicyclic amines) is 1. The van der Waals surface area contributed by atoms with E-state index in [0.29, 0.717) is 0 Å². The fraction of sp³-hybridized carbons (Fsp3) is 0.833. The highest BCUT2D eigenvalue weighted by Crippen LogP contribution is 2.35. The highest BCUT2D eigenvalue weighted by atomic mass is 15.2. The first kappa shape index (κ1) is 10.2. The quantitative estimate of drug-likeness (QED) is 0.677. The second kappa shape index (κ2) is 3.67. The molecule has 0 bridgehead atoms. The lowest BCUT2D eigenvalue weighted by molar-refractivity contribution is 0.154. The molecule has 80 valence electrons. The summed E-state index contributed by atoms with van der Waals surface area (Å²) in [6, 6.07) is 0. The number of fused-ring (bicyclic) bond motifs is 1. The molecular weight excluding hydrogens is 172 g/mol. The molecule has 0 spiro atoms. The second-order valence-electron chi connectivity index (χ2n) is 5.38. The van der Waals surface area contributed by atoms with Crippen molar-refractivity contribution in [2.24, 2.45) is 17.6 Å². The Hall–Kier alpha value is -0.340. The third-order valence-electron chi connectivity index (χ3n) is 3.98. The van der Waals surface area contributed by atoms with Crippen LogP contribution in [0.15, 0.2) is 12.2 Å². The van der Waals surface area contributed by atoms with Gasteiger partial charge in [-0.3, -0.25) is 4.90 Å². The van der Waals surface area contributed by atoms with E-state index >= 15 is 0 Å². The summed E-state index contributed by atoms with van der Waals surface area (Å²) in [6.07, 6.45) is 7.25. The van der Waals surface area contributed by atoms with Gasteiger partial charge in [-0.25, -0.2) is 0 Å². The maximum atomic E-state index is 5.82. The van der Waals surface area contributed by atoms with E-state index in [1.807, 2.05) is 0 Å². The second-order valence-corrected chi connectivity index (χ2v) is 5.38. The molecule has 1 saturated heterocycles. The molecule has 1 heterocycles. The van der Waals surface area contributed by atoms with Crippen molar-refractivity contribution in [3.63, 3.8) is 0 Å². The minimum atomic E-state index is 0.192. The summed E-state index contributed by atoms with van der Waals surface area (Å²) in [5.74, 6) is 1.79. The molecule has 0 aromatic rings. The van der Waals surface area contributed by atoms with E-state index in [1.165, 1.54) is 25.9 Å². The Kier molecular flexibility index (Phi) is 2.67. The topological polar surface area (TPSA) is 29.3 Å². The summed E-state index contributed by atoms with van der Waals surface area (Å²) in [5, 5.41) is 0. The van der Waals surface area contributed by atoms with Crippen LogP contribution in [-0.4, -0.2) is 30.1 Å². The third kappa shape index (κ3) is 1.73. The molecule has 2 N–H and O–H groups in total. The first-order valence-electron chi connectivity index (χ1n) is 5.73. The number of hydrogen-bond donors (Lipinski definition) is 1. The van der Waals surface area contributed by atoms with Gasteiger partial charge in [0.25, 0.3) is 0 Å². The van der Waals surface area contributed by atoms with Crippen molar-refractivity contribution in [2.45, 2.75) is 32.2 Å². The molecule has 0 unspecified atom stereocenters. The predicted molar refractivity (Wildman–Crippen MR) is 60.1 cm³/mol. The zero-order valence-corrected chi connectivity index (χ0v) is 9.37. The summed E-state index contributed by atoms with van der Waals surface area (Å²) in [7, 11) is 0. The van der Waals surface area contributed by atoms with E-state index in [0.717, 1.165) is 18.4 Å². The lowest BCUT2D eigenvalue weighted by Gasteiger charge is -2.34. The van der Waals surface area contributed by atoms with Gasteiger partial charge in [0.15, 0.2) is 0 Å². The molecule has 1 aliphatic heterocycles. The molecular formula is C12H22N2. The monoisotopic (exact) mass is 194 g/mol. The smallest absolute Gasteiger partial charge is 0.0275 e. The first-order valence-corrected chi connectivity index (χ1v) is 5.73. The van der Waals surface area contributed by atoms with Crippen LogP contribution in [0.3, 0.4) is 0 Å². The number of rotatable bonds is 2. The summed E-state index contributed by atoms with van der Waals surface area (Å²) < 4.78 is 0. The standard InChI is InChI=1S/C12H22N2/c1-12(2,9-13)14-7-10-5-3-4-6-11(10)8-14/h3-4,10-11H,5-9,13H2,1-2H3/t10-,11+. The van der Waals surface area contributed by atoms with E-state index in [2.05, 4.69) is 30.9 Å². The first-order chi connectivity index (χ1) is 6.63. The van der Waals surface area contributed by atoms with Crippen LogP contribution in [0.1, 0.15) is 26.7 Å². The number of nitrogens with zero attached hydrogens (tertiary/aromatic N) is 1. The van der Waals surface area contributed by atoms with Gasteiger partial charge in [0.2, 0.25) is 0 Å². The molecule has 1 aliphatic carbocycles. The van der Waals surface area contributed by atoms with Crippen LogP contribution < -0.4 is 5.73 Å². The molecule has 0 aromatic carbocycles. The maximum absolute atomic E-state index is 5.82. The number of hydrogen-bond acceptors (Lipinski definition) is 2. The van der Waals surface area contributed by atoms with Crippen molar-refractivity contribution in [1.82, 2.24) is 4.90 Å². The lowest BCUT2D eigenvalue weighted by Crippen LogP contribution is -2.48. The van der Waals surface area contributed by atoms with Gasteiger partial charge < -0.3 is 5.73 Å². The van der Waals surface area contributed by atoms with Crippen molar-refractivity contribution < 1.29 is 0 Å². The van der Waals surface area contributed by atoms with Crippen LogP contribution >= 0.6 is 0 Å². The van der Waals surface area contributed by atoms with Crippen molar-refractivity contribution in [1.29, 1.82) is 0 Å². The average molecular weight is 194 g/mol. The molecule has 14 heavy (non-hydrogen) atoms. The van der Waals surface area contributed by atoms with Crippen LogP contribution in [0.2, 0.25) is 0 Å². The zero-order chi connectivity index (χ0) is 10.2. The fourth-order valence-electron chi connectivity index (χ4n) is 2.64. The van der Waals surface area contributed by atoms with Gasteiger partial charge in [-0.2, -0.15) is 0 Å². The molecule has 2 nitrogen and oxygen atoms in total. The number of allylic oxidation sites excluding steroid dienone is 2. The van der Waals surface area contributed by atoms with Gasteiger partial charge in [-0.1, -0.05) is 12.2 Å². The fourth-order valence-corrected chi connectivity index (χ4v) is 2.64. The van der Waals surface area contributed by atoms with Gasteiger partial charge in [0, 0.05) is 25.2 Å². The highest BCUT2D eigenvalue weighted by Gasteiger charge is 2.38. The molecule has 2 rings (SSSR count). The Balaban J connectivity index is 2.01. The van der Waals surface area contributed by atoms with E-state index in [1.54, 1.807) is 0 Å². The summed E-state index contributed by atoms with van der Waals surface area (Å²) in [5.41, 5.74) is 6.01. The summed E-state index contributed by atoms with van der Waals surface area (Å²) >= 11 is 0. The Morgan fingerprint density at radius 3 is 2.14 bits per heavy atom. The van der Waals surface area contributed by atoms with Gasteiger partial charge in [-0.15, -0.1) is 0 Å². The Morgan fingerprint density at radius 2 is 1.71 bits per heavy atom. The number of nitrogens with two attached hydrogens (primary N) is 1. The minimum Gasteiger partial charge on any atom is -0.329 e. The summed E-state index contributed by atoms with van der Waals surface area (Å²) in [6.45, 7) is 7.79. The van der Waals surface area contributed by atoms with Crippen molar-refractivity contribution in [2.75, 3.05) is 19.6 Å². The molecule has 0 saturated carbocycles. The van der Waals surface area contributed by atoms with Gasteiger partial charge in [0.05, 0.1) is 0 Å². The lowest BCUT2D eigenvalue weighted by atomic mass is 9.86. The SMILES string of the molecule is CC(C)(CN)N1C[C@H]2CC=CC[C@H]2C1. The Labute approximate surface area is 87.2 Å². The Morgan fingerprint density at radius 1 is 1.21 bits per heavy atom. The largest absolute Gasteiger partial charge is 0.329 e. The van der Waals surface area contributed by atoms with Crippen LogP contribution in [0.25, 0.3) is 0 Å². The van der Waals surface area contributed by atoms with E-state index < -0.39 is 0 Å². The van der Waals surface area contributed by atoms with Crippen molar-refractivity contribution in [3.05, 3.63) is 12.2 Å². The van der Waals surface area contributed by atoms with Gasteiger partial charge in [-0.05, 0) is 38.5 Å². The van der Waals surface area contributed by atoms with Crippen LogP contribution in [0.5, 0.6) is 0 Å². The minimum absolute atomic E-state index is 0.192. The van der Waals surface area contributed by atoms with E-state index in [9.17, 15) is 0 Å². The normalized spacial score (nSPS) is 33.4.